The molecule has 5 rings (SSSR count). The lowest BCUT2D eigenvalue weighted by molar-refractivity contribution is -0.142. The lowest BCUT2D eigenvalue weighted by atomic mass is 9.94. The molecule has 0 bridgehead atoms. The van der Waals surface area contributed by atoms with Gasteiger partial charge in [-0.05, 0) is 73.0 Å². The SMILES string of the molecule is CC[C@H](C)[C@H](NC(=O)[C@H](Cc1cnc[nH]1)NC(=O)[C@H](CCC(N)=O)NC(=O)[C@H](CC(C)C)NC(=O)[C@@H](N)Cc1ccccc1)C(=O)N[C@H](C(=O)NCC(=O)N[C@@H](C)C(=O)N[C@@H](CC(C)C)C(=O)N[C@@H](CO)C(=O)N[C@@H](Cc1cnc[nH]1)C(=O)N[C@@H](Cc1ccccc1)C(=O)N[C@@H](Cc1ccccc1)C(=O)O)[C@@H](C)CC. The number of carboxylic acids is 1. The number of imidazole rings is 2. The zero-order valence-electron chi connectivity index (χ0n) is 63.6. The molecule has 598 valence electrons. The second-order valence-electron chi connectivity index (χ2n) is 28.3. The summed E-state index contributed by atoms with van der Waals surface area (Å²) in [5, 5.41) is 51.8. The molecule has 0 aliphatic heterocycles. The van der Waals surface area contributed by atoms with E-state index in [1.165, 1.54) is 32.0 Å². The van der Waals surface area contributed by atoms with Crippen LogP contribution in [0.5, 0.6) is 0 Å². The Labute approximate surface area is 639 Å². The zero-order valence-corrected chi connectivity index (χ0v) is 63.6. The second kappa shape index (κ2) is 45.4. The average molecular weight is 1530 g/mol. The molecule has 14 atom stereocenters. The fraction of sp³-hybridized carbons (Fsp3) is 0.500. The molecule has 0 aliphatic rings. The number of H-pyrrole nitrogens is 2. The van der Waals surface area contributed by atoms with Gasteiger partial charge in [0.1, 0.15) is 66.5 Å². The third-order valence-corrected chi connectivity index (χ3v) is 18.3. The first kappa shape index (κ1) is 89.2. The van der Waals surface area contributed by atoms with Gasteiger partial charge in [-0.25, -0.2) is 14.8 Å². The number of benzene rings is 3. The summed E-state index contributed by atoms with van der Waals surface area (Å²) in [4.78, 5) is 207. The van der Waals surface area contributed by atoms with Crippen LogP contribution in [0.2, 0.25) is 0 Å². The summed E-state index contributed by atoms with van der Waals surface area (Å²) in [5.41, 5.74) is 14.5. The molecule has 3 aromatic carbocycles. The summed E-state index contributed by atoms with van der Waals surface area (Å²) < 4.78 is 0. The number of hydrogen-bond acceptors (Lipinski definition) is 18. The van der Waals surface area contributed by atoms with Gasteiger partial charge < -0.3 is 95.4 Å². The van der Waals surface area contributed by atoms with Crippen molar-refractivity contribution < 1.29 is 77.3 Å². The Morgan fingerprint density at radius 2 is 0.782 bits per heavy atom. The molecule has 34 heteroatoms. The molecule has 13 amide bonds. The highest BCUT2D eigenvalue weighted by molar-refractivity contribution is 6.00. The van der Waals surface area contributed by atoms with E-state index in [1.54, 1.807) is 126 Å². The summed E-state index contributed by atoms with van der Waals surface area (Å²) >= 11 is 0. The topological polar surface area (TPSA) is 533 Å². The Morgan fingerprint density at radius 1 is 0.418 bits per heavy atom. The number of nitrogens with two attached hydrogens (primary N) is 2. The summed E-state index contributed by atoms with van der Waals surface area (Å²) in [7, 11) is 0. The monoisotopic (exact) mass is 1530 g/mol. The molecule has 0 saturated heterocycles. The van der Waals surface area contributed by atoms with E-state index in [-0.39, 0.29) is 69.6 Å². The number of hydrogen-bond donors (Lipinski definition) is 18. The van der Waals surface area contributed by atoms with Crippen LogP contribution in [0.15, 0.2) is 116 Å². The van der Waals surface area contributed by atoms with E-state index in [1.807, 2.05) is 19.9 Å². The van der Waals surface area contributed by atoms with Gasteiger partial charge in [-0.15, -0.1) is 0 Å². The summed E-state index contributed by atoms with van der Waals surface area (Å²) in [6.07, 6.45) is 4.99. The lowest BCUT2D eigenvalue weighted by Crippen LogP contribution is -2.61. The Bertz CT molecular complexity index is 3830. The smallest absolute Gasteiger partial charge is 0.326 e. The van der Waals surface area contributed by atoms with Gasteiger partial charge in [0, 0.05) is 55.9 Å². The summed E-state index contributed by atoms with van der Waals surface area (Å²) in [6.45, 7) is 13.5. The van der Waals surface area contributed by atoms with Crippen LogP contribution in [0.4, 0.5) is 0 Å². The van der Waals surface area contributed by atoms with Crippen LogP contribution >= 0.6 is 0 Å². The number of aliphatic hydroxyl groups is 1. The van der Waals surface area contributed by atoms with Gasteiger partial charge in [0.15, 0.2) is 0 Å². The molecule has 0 saturated carbocycles. The Morgan fingerprint density at radius 3 is 1.21 bits per heavy atom. The maximum absolute atomic E-state index is 14.6. The molecule has 2 heterocycles. The number of aliphatic hydroxyl groups excluding tert-OH is 1. The largest absolute Gasteiger partial charge is 0.480 e. The number of nitrogens with zero attached hydrogens (tertiary/aromatic N) is 2. The van der Waals surface area contributed by atoms with Crippen molar-refractivity contribution in [1.29, 1.82) is 0 Å². The van der Waals surface area contributed by atoms with Crippen molar-refractivity contribution in [1.82, 2.24) is 83.7 Å². The number of aromatic nitrogens is 4. The second-order valence-corrected chi connectivity index (χ2v) is 28.3. The number of carboxylic acid groups (broad SMARTS) is 1. The molecular formula is C76H108N18O16. The van der Waals surface area contributed by atoms with Gasteiger partial charge >= 0.3 is 5.97 Å². The molecule has 0 spiro atoms. The first-order valence-electron chi connectivity index (χ1n) is 36.8. The first-order valence-corrected chi connectivity index (χ1v) is 36.8. The summed E-state index contributed by atoms with van der Waals surface area (Å²) in [6, 6.07) is 9.53. The number of rotatable bonds is 47. The molecule has 20 N–H and O–H groups in total. The van der Waals surface area contributed by atoms with Gasteiger partial charge in [-0.2, -0.15) is 0 Å². The van der Waals surface area contributed by atoms with Crippen molar-refractivity contribution in [2.75, 3.05) is 13.2 Å². The van der Waals surface area contributed by atoms with E-state index in [0.717, 1.165) is 5.56 Å². The maximum Gasteiger partial charge on any atom is 0.326 e. The highest BCUT2D eigenvalue weighted by Crippen LogP contribution is 2.17. The molecule has 34 nitrogen and oxygen atoms in total. The van der Waals surface area contributed by atoms with Gasteiger partial charge in [-0.1, -0.05) is 159 Å². The molecule has 0 unspecified atom stereocenters. The van der Waals surface area contributed by atoms with Crippen LogP contribution < -0.4 is 75.3 Å². The van der Waals surface area contributed by atoms with Gasteiger partial charge in [0.2, 0.25) is 76.8 Å². The van der Waals surface area contributed by atoms with Crippen LogP contribution in [0, 0.1) is 23.7 Å². The van der Waals surface area contributed by atoms with Crippen molar-refractivity contribution in [2.24, 2.45) is 35.1 Å². The third kappa shape index (κ3) is 30.3. The van der Waals surface area contributed by atoms with E-state index in [2.05, 4.69) is 83.7 Å². The number of nitrogens with one attached hydrogen (secondary N) is 14. The molecule has 5 aromatic rings. The summed E-state index contributed by atoms with van der Waals surface area (Å²) in [5.74, 6) is -14.1. The van der Waals surface area contributed by atoms with Gasteiger partial charge in [0.25, 0.3) is 0 Å². The van der Waals surface area contributed by atoms with E-state index in [4.69, 9.17) is 11.5 Å². The van der Waals surface area contributed by atoms with Crippen molar-refractivity contribution in [2.45, 2.75) is 205 Å². The number of primary amides is 1. The third-order valence-electron chi connectivity index (χ3n) is 18.3. The van der Waals surface area contributed by atoms with Crippen molar-refractivity contribution in [3.05, 3.63) is 144 Å². The van der Waals surface area contributed by atoms with Crippen LogP contribution in [-0.2, 0) is 99.2 Å². The Kier molecular flexibility index (Phi) is 36.8. The number of carbonyl (C=O) groups is 14. The molecule has 0 fully saturated rings. The predicted molar refractivity (Wildman–Crippen MR) is 404 cm³/mol. The van der Waals surface area contributed by atoms with E-state index in [9.17, 15) is 77.3 Å². The lowest BCUT2D eigenvalue weighted by Gasteiger charge is -2.30. The molecule has 0 aliphatic carbocycles. The highest BCUT2D eigenvalue weighted by Gasteiger charge is 2.38. The quantitative estimate of drug-likeness (QED) is 0.0221. The van der Waals surface area contributed by atoms with E-state index >= 15 is 0 Å². The van der Waals surface area contributed by atoms with Crippen LogP contribution in [0.25, 0.3) is 0 Å². The van der Waals surface area contributed by atoms with Gasteiger partial charge in [0.05, 0.1) is 31.8 Å². The molecular weight excluding hydrogens is 1420 g/mol. The normalized spacial score (nSPS) is 15.0. The van der Waals surface area contributed by atoms with Crippen LogP contribution in [0.3, 0.4) is 0 Å². The minimum absolute atomic E-state index is 0.0257. The molecule has 2 aromatic heterocycles. The number of aromatic amines is 2. The van der Waals surface area contributed by atoms with Crippen molar-refractivity contribution in [3.63, 3.8) is 0 Å². The van der Waals surface area contributed by atoms with E-state index < -0.39 is 180 Å². The maximum atomic E-state index is 14.6. The highest BCUT2D eigenvalue weighted by atomic mass is 16.4. The fourth-order valence-electron chi connectivity index (χ4n) is 11.6. The van der Waals surface area contributed by atoms with Crippen LogP contribution in [-0.4, -0.2) is 199 Å². The number of amides is 13. The van der Waals surface area contributed by atoms with Gasteiger partial charge in [-0.3, -0.25) is 62.3 Å². The molecule has 110 heavy (non-hydrogen) atoms. The van der Waals surface area contributed by atoms with Crippen molar-refractivity contribution in [3.8, 4) is 0 Å². The molecule has 0 radical (unpaired) electrons. The number of carbonyl (C=O) groups excluding carboxylic acids is 13. The first-order chi connectivity index (χ1) is 52.3. The Balaban J connectivity index is 1.23. The average Bonchev–Trinajstić information content (AvgIpc) is 0.989. The standard InChI is InChI=1S/C76H108N18O16/c1-10-44(7)63(94-75(108)64(45(8)11-2)93-72(105)58(35-51-37-80-41-83-51)89-67(100)53(27-28-61(78)96)85-68(101)55(30-43(5)6)87-66(99)52(77)31-47-21-15-12-16-22-47)74(107)81-38-62(97)84-46(9)65(98)86-54(29-42(3)4)69(102)92-60(39-95)73(106)90-57(34-50-36-79-40-82-50)71(104)88-56(32-48-23-17-13-18-24-48)70(103)91-59(76(109)110)33-49-25-19-14-20-26-49/h12-26,36-37,40-46,52-60,63-64,95H,10-11,27-35,38-39,77H2,1-9H3,(H2,78,96)(H,79,82)(H,80,83)(H,81,107)(H,84,97)(H,85,101)(H,86,98)(H,87,99)(H,88,104)(H,89,100)(H,90,106)(H,91,103)(H,92,102)(H,93,105)(H,94,108)(H,109,110)/t44-,45-,46-,52-,53-,54-,55-,56-,57-,58-,59-,60-,63-,64-/m0/s1. The van der Waals surface area contributed by atoms with E-state index in [0.29, 0.717) is 35.4 Å². The minimum atomic E-state index is -1.74. The minimum Gasteiger partial charge on any atom is -0.480 e. The van der Waals surface area contributed by atoms with Crippen LogP contribution in [0.1, 0.15) is 129 Å². The predicted octanol–water partition coefficient (Wildman–Crippen LogP) is -1.03. The zero-order chi connectivity index (χ0) is 81.1. The van der Waals surface area contributed by atoms with Crippen molar-refractivity contribution >= 4 is 82.8 Å². The number of aliphatic carboxylic acids is 1. The Hall–Kier alpha value is -11.4. The fourth-order valence-corrected chi connectivity index (χ4v) is 11.6.